The second-order valence-corrected chi connectivity index (χ2v) is 4.04. The smallest absolute Gasteiger partial charge is 0.291 e. The highest BCUT2D eigenvalue weighted by Crippen LogP contribution is 2.05. The molecule has 0 atom stereocenters. The van der Waals surface area contributed by atoms with E-state index < -0.39 is 0 Å². The maximum Gasteiger partial charge on any atom is 0.291 e. The van der Waals surface area contributed by atoms with Crippen LogP contribution in [0.3, 0.4) is 0 Å². The second-order valence-electron chi connectivity index (χ2n) is 4.04. The molecule has 2 aromatic heterocycles. The molecule has 0 saturated heterocycles. The minimum Gasteiger partial charge on any atom is -0.465 e. The zero-order valence-corrected chi connectivity index (χ0v) is 10.7. The number of hydrogen-bond donors (Lipinski definition) is 2. The third kappa shape index (κ3) is 3.67. The molecular weight excluding hydrogens is 244 g/mol. The third-order valence-corrected chi connectivity index (χ3v) is 2.29. The van der Waals surface area contributed by atoms with Crippen molar-refractivity contribution < 1.29 is 9.21 Å². The van der Waals surface area contributed by atoms with E-state index in [1.165, 1.54) is 0 Å². The molecule has 0 aliphatic rings. The summed E-state index contributed by atoms with van der Waals surface area (Å²) in [6.45, 7) is 3.68. The van der Waals surface area contributed by atoms with Gasteiger partial charge in [0.05, 0.1) is 12.5 Å². The van der Waals surface area contributed by atoms with E-state index in [1.807, 2.05) is 26.0 Å². The number of nitrogens with zero attached hydrogens (tertiary/aromatic N) is 2. The summed E-state index contributed by atoms with van der Waals surface area (Å²) in [6, 6.07) is 5.29. The van der Waals surface area contributed by atoms with Crippen LogP contribution in [-0.2, 0) is 0 Å². The number of hydrazone groups is 1. The van der Waals surface area contributed by atoms with Crippen molar-refractivity contribution in [2.45, 2.75) is 13.8 Å². The van der Waals surface area contributed by atoms with Crippen molar-refractivity contribution in [1.82, 2.24) is 15.6 Å². The molecule has 0 spiro atoms. The third-order valence-electron chi connectivity index (χ3n) is 2.29. The molecule has 2 N–H and O–H groups in total. The average molecular weight is 258 g/mol. The van der Waals surface area contributed by atoms with Gasteiger partial charge in [0.15, 0.2) is 5.69 Å². The zero-order chi connectivity index (χ0) is 13.7. The number of furan rings is 1. The molecule has 2 rings (SSSR count). The number of aryl methyl sites for hydroxylation is 1. The number of hydrogen-bond acceptors (Lipinski definition) is 4. The first-order chi connectivity index (χ1) is 9.15. The van der Waals surface area contributed by atoms with Crippen LogP contribution < -0.4 is 5.43 Å². The molecular formula is C13H14N4O2. The SMILES string of the molecule is CC(=C/c1ccco1)/C=N/NC(=O)c1cc(C)[nH]n1. The summed E-state index contributed by atoms with van der Waals surface area (Å²) in [5.41, 5.74) is 4.38. The summed E-state index contributed by atoms with van der Waals surface area (Å²) in [5, 5.41) is 10.4. The van der Waals surface area contributed by atoms with Gasteiger partial charge in [0, 0.05) is 5.69 Å². The largest absolute Gasteiger partial charge is 0.465 e. The number of rotatable bonds is 4. The molecule has 0 radical (unpaired) electrons. The maximum absolute atomic E-state index is 11.6. The summed E-state index contributed by atoms with van der Waals surface area (Å²) in [5.74, 6) is 0.379. The maximum atomic E-state index is 11.6. The number of carbonyl (C=O) groups excluding carboxylic acids is 1. The molecule has 19 heavy (non-hydrogen) atoms. The van der Waals surface area contributed by atoms with Gasteiger partial charge in [0.25, 0.3) is 5.91 Å². The molecule has 0 bridgehead atoms. The van der Waals surface area contributed by atoms with Gasteiger partial charge in [0.2, 0.25) is 0 Å². The van der Waals surface area contributed by atoms with Gasteiger partial charge < -0.3 is 4.42 Å². The van der Waals surface area contributed by atoms with Gasteiger partial charge in [-0.1, -0.05) is 0 Å². The lowest BCUT2D eigenvalue weighted by Gasteiger charge is -1.94. The molecule has 0 unspecified atom stereocenters. The number of aromatic amines is 1. The van der Waals surface area contributed by atoms with Crippen molar-refractivity contribution in [3.63, 3.8) is 0 Å². The van der Waals surface area contributed by atoms with E-state index in [0.717, 1.165) is 17.0 Å². The van der Waals surface area contributed by atoms with Gasteiger partial charge in [0.1, 0.15) is 5.76 Å². The van der Waals surface area contributed by atoms with Crippen LogP contribution in [-0.4, -0.2) is 22.3 Å². The fourth-order valence-electron chi connectivity index (χ4n) is 1.42. The van der Waals surface area contributed by atoms with E-state index >= 15 is 0 Å². The summed E-state index contributed by atoms with van der Waals surface area (Å²) in [4.78, 5) is 11.6. The number of nitrogens with one attached hydrogen (secondary N) is 2. The number of H-pyrrole nitrogens is 1. The van der Waals surface area contributed by atoms with Crippen molar-refractivity contribution in [2.75, 3.05) is 0 Å². The Morgan fingerprint density at radius 3 is 3.05 bits per heavy atom. The van der Waals surface area contributed by atoms with Crippen LogP contribution in [0.25, 0.3) is 6.08 Å². The van der Waals surface area contributed by atoms with Crippen molar-refractivity contribution >= 4 is 18.2 Å². The number of carbonyl (C=O) groups is 1. The average Bonchev–Trinajstić information content (AvgIpc) is 3.00. The van der Waals surface area contributed by atoms with Crippen LogP contribution in [0.2, 0.25) is 0 Å². The van der Waals surface area contributed by atoms with Gasteiger partial charge >= 0.3 is 0 Å². The Labute approximate surface area is 110 Å². The van der Waals surface area contributed by atoms with Crippen molar-refractivity contribution in [3.8, 4) is 0 Å². The standard InChI is InChI=1S/C13H14N4O2/c1-9(6-11-4-3-5-19-11)8-14-17-13(18)12-7-10(2)15-16-12/h3-8H,1-2H3,(H,15,16)(H,17,18)/b9-6-,14-8+. The van der Waals surface area contributed by atoms with E-state index in [-0.39, 0.29) is 5.91 Å². The van der Waals surface area contributed by atoms with Crippen LogP contribution in [0.5, 0.6) is 0 Å². The Morgan fingerprint density at radius 1 is 1.58 bits per heavy atom. The lowest BCUT2D eigenvalue weighted by molar-refractivity contribution is 0.0950. The van der Waals surface area contributed by atoms with Crippen molar-refractivity contribution in [1.29, 1.82) is 0 Å². The molecule has 1 amide bonds. The summed E-state index contributed by atoms with van der Waals surface area (Å²) in [6.07, 6.45) is 4.95. The first-order valence-corrected chi connectivity index (χ1v) is 5.72. The summed E-state index contributed by atoms with van der Waals surface area (Å²) in [7, 11) is 0. The molecule has 0 fully saturated rings. The van der Waals surface area contributed by atoms with Gasteiger partial charge in [-0.2, -0.15) is 10.2 Å². The van der Waals surface area contributed by atoms with E-state index in [2.05, 4.69) is 20.7 Å². The second kappa shape index (κ2) is 5.81. The topological polar surface area (TPSA) is 83.3 Å². The molecule has 6 heteroatoms. The molecule has 0 saturated carbocycles. The minimum absolute atomic E-state index is 0.308. The van der Waals surface area contributed by atoms with Crippen LogP contribution in [0.1, 0.15) is 28.9 Å². The minimum atomic E-state index is -0.355. The van der Waals surface area contributed by atoms with E-state index in [9.17, 15) is 4.79 Å². The van der Waals surface area contributed by atoms with Gasteiger partial charge in [-0.15, -0.1) is 0 Å². The van der Waals surface area contributed by atoms with Crippen LogP contribution >= 0.6 is 0 Å². The molecule has 0 aliphatic carbocycles. The normalized spacial score (nSPS) is 12.0. The molecule has 2 aromatic rings. The number of allylic oxidation sites excluding steroid dienone is 1. The Morgan fingerprint density at radius 2 is 2.42 bits per heavy atom. The Kier molecular flexibility index (Phi) is 3.92. The molecule has 0 aromatic carbocycles. The zero-order valence-electron chi connectivity index (χ0n) is 10.7. The lowest BCUT2D eigenvalue weighted by atomic mass is 10.3. The Bertz CT molecular complexity index is 608. The predicted octanol–water partition coefficient (Wildman–Crippen LogP) is 2.13. The summed E-state index contributed by atoms with van der Waals surface area (Å²) < 4.78 is 5.16. The highest BCUT2D eigenvalue weighted by Gasteiger charge is 2.07. The quantitative estimate of drug-likeness (QED) is 0.651. The highest BCUT2D eigenvalue weighted by atomic mass is 16.3. The first kappa shape index (κ1) is 12.8. The fourth-order valence-corrected chi connectivity index (χ4v) is 1.42. The molecule has 0 aliphatic heterocycles. The highest BCUT2D eigenvalue weighted by molar-refractivity contribution is 5.93. The molecule has 6 nitrogen and oxygen atoms in total. The van der Waals surface area contributed by atoms with Gasteiger partial charge in [-0.3, -0.25) is 9.89 Å². The van der Waals surface area contributed by atoms with Crippen LogP contribution in [0.15, 0.2) is 39.6 Å². The van der Waals surface area contributed by atoms with E-state index in [0.29, 0.717) is 5.69 Å². The first-order valence-electron chi connectivity index (χ1n) is 5.72. The van der Waals surface area contributed by atoms with E-state index in [1.54, 1.807) is 24.6 Å². The molecule has 98 valence electrons. The summed E-state index contributed by atoms with van der Waals surface area (Å²) >= 11 is 0. The van der Waals surface area contributed by atoms with Gasteiger partial charge in [-0.25, -0.2) is 5.43 Å². The monoisotopic (exact) mass is 258 g/mol. The number of aromatic nitrogens is 2. The fraction of sp³-hybridized carbons (Fsp3) is 0.154. The Hall–Kier alpha value is -2.63. The number of amides is 1. The van der Waals surface area contributed by atoms with Crippen molar-refractivity contribution in [3.05, 3.63) is 47.2 Å². The van der Waals surface area contributed by atoms with Crippen LogP contribution in [0, 0.1) is 6.92 Å². The van der Waals surface area contributed by atoms with Crippen LogP contribution in [0.4, 0.5) is 0 Å². The van der Waals surface area contributed by atoms with E-state index in [4.69, 9.17) is 4.42 Å². The Balaban J connectivity index is 1.91. The van der Waals surface area contributed by atoms with Gasteiger partial charge in [-0.05, 0) is 43.7 Å². The predicted molar refractivity (Wildman–Crippen MR) is 71.6 cm³/mol. The lowest BCUT2D eigenvalue weighted by Crippen LogP contribution is -2.17. The molecule has 2 heterocycles. The van der Waals surface area contributed by atoms with Crippen molar-refractivity contribution in [2.24, 2.45) is 5.10 Å².